The predicted molar refractivity (Wildman–Crippen MR) is 101 cm³/mol. The van der Waals surface area contributed by atoms with Crippen molar-refractivity contribution in [3.05, 3.63) is 45.3 Å². The zero-order valence-electron chi connectivity index (χ0n) is 13.3. The average molecular weight is 377 g/mol. The van der Waals surface area contributed by atoms with E-state index in [0.717, 1.165) is 29.7 Å². The van der Waals surface area contributed by atoms with Crippen molar-refractivity contribution >= 4 is 45.6 Å². The minimum absolute atomic E-state index is 0.108. The first kappa shape index (κ1) is 17.3. The van der Waals surface area contributed by atoms with Gasteiger partial charge in [-0.05, 0) is 42.9 Å². The standard InChI is InChI=1S/C18H17ClN2OS2/c1-11-6-7-12-13(9-20)18(24-16(12)8-11)21-17(22)10-23-15-5-3-2-4-14(15)19/h2-5,11H,6-8,10H2,1H3,(H,21,22). The number of hydrogen-bond donors (Lipinski definition) is 1. The molecule has 0 bridgehead atoms. The quantitative estimate of drug-likeness (QED) is 0.752. The van der Waals surface area contributed by atoms with Gasteiger partial charge in [0.15, 0.2) is 0 Å². The van der Waals surface area contributed by atoms with E-state index in [1.54, 1.807) is 11.3 Å². The van der Waals surface area contributed by atoms with E-state index < -0.39 is 0 Å². The van der Waals surface area contributed by atoms with Gasteiger partial charge < -0.3 is 5.32 Å². The number of thiophene rings is 1. The van der Waals surface area contributed by atoms with E-state index in [2.05, 4.69) is 18.3 Å². The molecule has 1 aliphatic carbocycles. The first-order valence-electron chi connectivity index (χ1n) is 7.80. The normalized spacial score (nSPS) is 16.3. The van der Waals surface area contributed by atoms with Crippen molar-refractivity contribution < 1.29 is 4.79 Å². The fraction of sp³-hybridized carbons (Fsp3) is 0.333. The number of carbonyl (C=O) groups excluding carboxylic acids is 1. The summed E-state index contributed by atoms with van der Waals surface area (Å²) >= 11 is 9.06. The molecule has 3 nitrogen and oxygen atoms in total. The number of anilines is 1. The molecule has 24 heavy (non-hydrogen) atoms. The van der Waals surface area contributed by atoms with E-state index in [9.17, 15) is 10.1 Å². The van der Waals surface area contributed by atoms with Crippen LogP contribution >= 0.6 is 34.7 Å². The lowest BCUT2D eigenvalue weighted by Crippen LogP contribution is -2.14. The largest absolute Gasteiger partial charge is 0.316 e. The van der Waals surface area contributed by atoms with Gasteiger partial charge >= 0.3 is 0 Å². The lowest BCUT2D eigenvalue weighted by molar-refractivity contribution is -0.113. The third kappa shape index (κ3) is 3.77. The van der Waals surface area contributed by atoms with E-state index in [1.165, 1.54) is 16.6 Å². The zero-order chi connectivity index (χ0) is 17.1. The smallest absolute Gasteiger partial charge is 0.235 e. The van der Waals surface area contributed by atoms with Gasteiger partial charge in [0, 0.05) is 9.77 Å². The Morgan fingerprint density at radius 1 is 1.50 bits per heavy atom. The van der Waals surface area contributed by atoms with Gasteiger partial charge in [-0.15, -0.1) is 23.1 Å². The Morgan fingerprint density at radius 2 is 2.29 bits per heavy atom. The van der Waals surface area contributed by atoms with Crippen LogP contribution in [0.15, 0.2) is 29.2 Å². The van der Waals surface area contributed by atoms with Crippen LogP contribution in [0.4, 0.5) is 5.00 Å². The fourth-order valence-electron chi connectivity index (χ4n) is 2.82. The number of hydrogen-bond acceptors (Lipinski definition) is 4. The molecule has 1 aromatic heterocycles. The number of carbonyl (C=O) groups is 1. The lowest BCUT2D eigenvalue weighted by atomic mass is 9.89. The van der Waals surface area contributed by atoms with Crippen LogP contribution in [0, 0.1) is 17.2 Å². The van der Waals surface area contributed by atoms with Gasteiger partial charge in [0.05, 0.1) is 16.3 Å². The van der Waals surface area contributed by atoms with Crippen molar-refractivity contribution in [1.29, 1.82) is 5.26 Å². The zero-order valence-corrected chi connectivity index (χ0v) is 15.7. The van der Waals surface area contributed by atoms with Crippen LogP contribution in [0.3, 0.4) is 0 Å². The molecular weight excluding hydrogens is 360 g/mol. The van der Waals surface area contributed by atoms with Gasteiger partial charge in [-0.2, -0.15) is 5.26 Å². The molecule has 1 unspecified atom stereocenters. The summed E-state index contributed by atoms with van der Waals surface area (Å²) in [6.45, 7) is 2.23. The van der Waals surface area contributed by atoms with Crippen molar-refractivity contribution in [3.63, 3.8) is 0 Å². The second-order valence-electron chi connectivity index (χ2n) is 5.93. The van der Waals surface area contributed by atoms with Gasteiger partial charge in [0.25, 0.3) is 0 Å². The summed E-state index contributed by atoms with van der Waals surface area (Å²) in [6, 6.07) is 9.74. The second kappa shape index (κ2) is 7.60. The monoisotopic (exact) mass is 376 g/mol. The van der Waals surface area contributed by atoms with E-state index in [4.69, 9.17) is 11.6 Å². The number of nitrogens with one attached hydrogen (secondary N) is 1. The highest BCUT2D eigenvalue weighted by Crippen LogP contribution is 2.39. The maximum absolute atomic E-state index is 12.3. The number of nitrogens with zero attached hydrogens (tertiary/aromatic N) is 1. The van der Waals surface area contributed by atoms with Crippen LogP contribution in [-0.2, 0) is 17.6 Å². The number of rotatable bonds is 4. The van der Waals surface area contributed by atoms with Gasteiger partial charge in [-0.3, -0.25) is 4.79 Å². The molecule has 2 aromatic rings. The van der Waals surface area contributed by atoms with Crippen LogP contribution in [0.25, 0.3) is 0 Å². The Morgan fingerprint density at radius 3 is 3.04 bits per heavy atom. The molecule has 6 heteroatoms. The molecule has 0 spiro atoms. The summed E-state index contributed by atoms with van der Waals surface area (Å²) in [5.74, 6) is 0.804. The highest BCUT2D eigenvalue weighted by molar-refractivity contribution is 8.00. The van der Waals surface area contributed by atoms with E-state index in [-0.39, 0.29) is 11.7 Å². The first-order valence-corrected chi connectivity index (χ1v) is 9.98. The molecule has 0 fully saturated rings. The molecule has 1 aromatic carbocycles. The van der Waals surface area contributed by atoms with Crippen molar-refractivity contribution in [2.75, 3.05) is 11.1 Å². The molecule has 1 atom stereocenters. The summed E-state index contributed by atoms with van der Waals surface area (Å²) in [5, 5.41) is 13.7. The molecule has 124 valence electrons. The lowest BCUT2D eigenvalue weighted by Gasteiger charge is -2.17. The van der Waals surface area contributed by atoms with Crippen LogP contribution in [0.1, 0.15) is 29.3 Å². The van der Waals surface area contributed by atoms with Crippen molar-refractivity contribution in [1.82, 2.24) is 0 Å². The number of halogens is 1. The van der Waals surface area contributed by atoms with Crippen LogP contribution in [-0.4, -0.2) is 11.7 Å². The summed E-state index contributed by atoms with van der Waals surface area (Å²) in [6.07, 6.45) is 3.03. The Bertz CT molecular complexity index is 810. The molecule has 3 rings (SSSR count). The number of amides is 1. The molecular formula is C18H17ClN2OS2. The molecule has 0 saturated carbocycles. The molecule has 0 saturated heterocycles. The number of thioether (sulfide) groups is 1. The maximum Gasteiger partial charge on any atom is 0.235 e. The highest BCUT2D eigenvalue weighted by atomic mass is 35.5. The minimum Gasteiger partial charge on any atom is -0.316 e. The molecule has 0 radical (unpaired) electrons. The third-order valence-corrected chi connectivity index (χ3v) is 6.76. The van der Waals surface area contributed by atoms with Gasteiger partial charge in [-0.1, -0.05) is 30.7 Å². The summed E-state index contributed by atoms with van der Waals surface area (Å²) < 4.78 is 0. The topological polar surface area (TPSA) is 52.9 Å². The highest BCUT2D eigenvalue weighted by Gasteiger charge is 2.24. The molecule has 0 aliphatic heterocycles. The van der Waals surface area contributed by atoms with E-state index >= 15 is 0 Å². The molecule has 1 amide bonds. The van der Waals surface area contributed by atoms with Crippen LogP contribution in [0.2, 0.25) is 5.02 Å². The predicted octanol–water partition coefficient (Wildman–Crippen LogP) is 5.13. The molecule has 1 N–H and O–H groups in total. The molecule has 1 aliphatic rings. The fourth-order valence-corrected chi connectivity index (χ4v) is 5.24. The third-order valence-electron chi connectivity index (χ3n) is 4.07. The number of fused-ring (bicyclic) bond motifs is 1. The Kier molecular flexibility index (Phi) is 5.50. The van der Waals surface area contributed by atoms with Gasteiger partial charge in [0.1, 0.15) is 11.1 Å². The Labute approximate surface area is 155 Å². The second-order valence-corrected chi connectivity index (χ2v) is 8.46. The van der Waals surface area contributed by atoms with Crippen LogP contribution < -0.4 is 5.32 Å². The van der Waals surface area contributed by atoms with Crippen LogP contribution in [0.5, 0.6) is 0 Å². The Hall–Kier alpha value is -1.48. The van der Waals surface area contributed by atoms with Gasteiger partial charge in [0.2, 0.25) is 5.91 Å². The molecule has 1 heterocycles. The number of benzene rings is 1. The SMILES string of the molecule is CC1CCc2c(sc(NC(=O)CSc3ccccc3Cl)c2C#N)C1. The Balaban J connectivity index is 1.69. The first-order chi connectivity index (χ1) is 11.6. The summed E-state index contributed by atoms with van der Waals surface area (Å²) in [5.41, 5.74) is 1.78. The van der Waals surface area contributed by atoms with Gasteiger partial charge in [-0.25, -0.2) is 0 Å². The van der Waals surface area contributed by atoms with Crippen molar-refractivity contribution in [3.8, 4) is 6.07 Å². The van der Waals surface area contributed by atoms with E-state index in [1.807, 2.05) is 24.3 Å². The minimum atomic E-state index is -0.108. The summed E-state index contributed by atoms with van der Waals surface area (Å²) in [7, 11) is 0. The number of nitriles is 1. The van der Waals surface area contributed by atoms with Crippen molar-refractivity contribution in [2.24, 2.45) is 5.92 Å². The summed E-state index contributed by atoms with van der Waals surface area (Å²) in [4.78, 5) is 14.4. The van der Waals surface area contributed by atoms with E-state index in [0.29, 0.717) is 21.5 Å². The maximum atomic E-state index is 12.3. The average Bonchev–Trinajstić information content (AvgIpc) is 2.90. The van der Waals surface area contributed by atoms with Crippen molar-refractivity contribution in [2.45, 2.75) is 31.1 Å².